The second kappa shape index (κ2) is 28.7. The number of alkyl halides is 3. The van der Waals surface area contributed by atoms with E-state index in [1.54, 1.807) is 104 Å². The van der Waals surface area contributed by atoms with E-state index in [0.29, 0.717) is 35.3 Å². The highest BCUT2D eigenvalue weighted by Crippen LogP contribution is 2.25. The highest BCUT2D eigenvalue weighted by Gasteiger charge is 2.31. The van der Waals surface area contributed by atoms with Crippen molar-refractivity contribution in [3.8, 4) is 0 Å². The maximum absolute atomic E-state index is 12.2. The Balaban J connectivity index is 0.000000422. The molecule has 17 heteroatoms. The van der Waals surface area contributed by atoms with E-state index in [-0.39, 0.29) is 33.8 Å². The highest BCUT2D eigenvalue weighted by molar-refractivity contribution is 5.33. The van der Waals surface area contributed by atoms with Crippen LogP contribution >= 0.6 is 0 Å². The summed E-state index contributed by atoms with van der Waals surface area (Å²) >= 11 is 0. The second-order valence-electron chi connectivity index (χ2n) is 18.7. The fourth-order valence-electron chi connectivity index (χ4n) is 5.63. The van der Waals surface area contributed by atoms with Crippen molar-refractivity contribution >= 4 is 0 Å². The van der Waals surface area contributed by atoms with Crippen LogP contribution in [0.4, 0.5) is 13.2 Å². The van der Waals surface area contributed by atoms with Gasteiger partial charge in [0.25, 0.3) is 16.7 Å². The van der Waals surface area contributed by atoms with E-state index in [9.17, 15) is 37.1 Å². The Morgan fingerprint density at radius 3 is 1.53 bits per heavy atom. The van der Waals surface area contributed by atoms with Crippen LogP contribution in [0.2, 0.25) is 0 Å². The Morgan fingerprint density at radius 2 is 1.07 bits per heavy atom. The van der Waals surface area contributed by atoms with Crippen LogP contribution < -0.4 is 27.9 Å². The summed E-state index contributed by atoms with van der Waals surface area (Å²) in [6, 6.07) is 10.5. The molecule has 0 N–H and O–H groups in total. The number of aromatic nitrogens is 8. The predicted octanol–water partition coefficient (Wildman–Crippen LogP) is 9.20. The molecule has 14 nitrogen and oxygen atoms in total. The molecule has 6 heterocycles. The third-order valence-electron chi connectivity index (χ3n) is 10.5. The van der Waals surface area contributed by atoms with Crippen LogP contribution in [0.15, 0.2) is 134 Å². The van der Waals surface area contributed by atoms with E-state index < -0.39 is 12.7 Å². The lowest BCUT2D eigenvalue weighted by atomic mass is 10.0. The first kappa shape index (κ1) is 61.4. The Kier molecular flexibility index (Phi) is 25.2. The number of pyridine rings is 2. The average Bonchev–Trinajstić information content (AvgIpc) is 3.26. The van der Waals surface area contributed by atoms with Crippen LogP contribution in [-0.2, 0) is 35.2 Å². The molecule has 0 radical (unpaired) electrons. The van der Waals surface area contributed by atoms with Gasteiger partial charge in [-0.2, -0.15) is 18.3 Å². The molecule has 0 atom stereocenters. The average molecular weight is 976 g/mol. The Bertz CT molecular complexity index is 2550. The molecule has 0 saturated heterocycles. The van der Waals surface area contributed by atoms with Crippen molar-refractivity contribution < 1.29 is 13.2 Å². The molecule has 0 bridgehead atoms. The van der Waals surface area contributed by atoms with Gasteiger partial charge in [-0.1, -0.05) is 102 Å². The maximum atomic E-state index is 12.2. The first-order valence-corrected chi connectivity index (χ1v) is 23.2. The fourth-order valence-corrected chi connectivity index (χ4v) is 5.63. The molecule has 1 aliphatic heterocycles. The predicted molar refractivity (Wildman–Crippen MR) is 276 cm³/mol. The third kappa shape index (κ3) is 22.2. The molecule has 0 aromatic carbocycles. The fraction of sp³-hybridized carbons (Fsp3) is 0.472. The molecule has 5 aromatic heterocycles. The lowest BCUT2D eigenvalue weighted by Gasteiger charge is -2.27. The normalized spacial score (nSPS) is 12.0. The topological polar surface area (TPSA) is 152 Å². The Hall–Kier alpha value is -6.65. The van der Waals surface area contributed by atoms with E-state index in [1.807, 2.05) is 66.1 Å². The Morgan fingerprint density at radius 1 is 0.529 bits per heavy atom. The van der Waals surface area contributed by atoms with Gasteiger partial charge in [0, 0.05) is 96.3 Å². The molecule has 0 amide bonds. The van der Waals surface area contributed by atoms with Gasteiger partial charge in [0.2, 0.25) is 5.56 Å². The largest absolute Gasteiger partial charge is 0.406 e. The van der Waals surface area contributed by atoms with E-state index in [4.69, 9.17) is 0 Å². The van der Waals surface area contributed by atoms with Gasteiger partial charge in [-0.15, -0.1) is 0 Å². The summed E-state index contributed by atoms with van der Waals surface area (Å²) in [6.07, 6.45) is 11.0. The van der Waals surface area contributed by atoms with Crippen molar-refractivity contribution in [2.75, 3.05) is 6.54 Å². The molecule has 1 aliphatic rings. The van der Waals surface area contributed by atoms with Crippen LogP contribution in [0, 0.1) is 5.92 Å². The summed E-state index contributed by atoms with van der Waals surface area (Å²) in [7, 11) is 8.63. The summed E-state index contributed by atoms with van der Waals surface area (Å²) in [5, 5.41) is 4.08. The number of hydrogen-bond donors (Lipinski definition) is 0. The van der Waals surface area contributed by atoms with Crippen LogP contribution in [0.3, 0.4) is 0 Å². The van der Waals surface area contributed by atoms with Crippen molar-refractivity contribution in [3.05, 3.63) is 190 Å². The zero-order valence-corrected chi connectivity index (χ0v) is 44.2. The third-order valence-corrected chi connectivity index (χ3v) is 10.5. The van der Waals surface area contributed by atoms with Crippen LogP contribution in [0.1, 0.15) is 141 Å². The molecule has 0 fully saturated rings. The van der Waals surface area contributed by atoms with Gasteiger partial charge >= 0.3 is 11.9 Å². The molecular weight excluding hydrogens is 900 g/mol. The quantitative estimate of drug-likeness (QED) is 0.155. The van der Waals surface area contributed by atoms with E-state index in [0.717, 1.165) is 33.0 Å². The molecule has 70 heavy (non-hydrogen) atoms. The summed E-state index contributed by atoms with van der Waals surface area (Å²) in [6.45, 7) is 27.2. The number of rotatable bonds is 7. The number of halogens is 3. The summed E-state index contributed by atoms with van der Waals surface area (Å²) in [4.78, 5) is 63.5. The van der Waals surface area contributed by atoms with Gasteiger partial charge < -0.3 is 23.2 Å². The van der Waals surface area contributed by atoms with Gasteiger partial charge in [0.1, 0.15) is 6.54 Å². The molecule has 6 rings (SSSR count). The molecule has 384 valence electrons. The maximum Gasteiger partial charge on any atom is 0.406 e. The van der Waals surface area contributed by atoms with E-state index >= 15 is 0 Å². The van der Waals surface area contributed by atoms with E-state index in [2.05, 4.69) is 63.2 Å². The van der Waals surface area contributed by atoms with Crippen LogP contribution in [0.5, 0.6) is 0 Å². The number of aryl methyl sites for hydroxylation is 5. The SMILES string of the molecule is C=C1C=CC(C(C)C)=CN1CC(F)(F)F.CC(C)c1ccc(=O)n(C)c1.CC(C)c1ccc(=O)n(C)n1.CC(C)c1ccn(C)c(=O)c1.CC(C)c1cn(C)c(=O)cn1.CC(C)c1cnc(=O)n(C)c1. The zero-order valence-electron chi connectivity index (χ0n) is 44.2. The minimum atomic E-state index is -4.20. The molecule has 5 aromatic rings. The van der Waals surface area contributed by atoms with Crippen molar-refractivity contribution in [1.29, 1.82) is 0 Å². The highest BCUT2D eigenvalue weighted by atomic mass is 19.4. The number of nitrogens with zero attached hydrogens (tertiary/aromatic N) is 9. The van der Waals surface area contributed by atoms with Crippen molar-refractivity contribution in [2.45, 2.75) is 119 Å². The Labute approximate surface area is 411 Å². The molecule has 0 aliphatic carbocycles. The zero-order chi connectivity index (χ0) is 53.8. The standard InChI is InChI=1S/C11H14F3N.2C9H13NO.3C8H12N2O/c1-8(2)10-5-4-9(3)15(6-10)7-11(12,13)14;1-7(2)8-4-5-10(3)9(11)6-8;1-7(2)8-4-5-9(11)10(3)6-8;1-6(2)7-5-10(3)8(11)4-9-7;1-6(2)7-4-9-8(11)10(3)5-7;1-6(2)7-4-5-8(11)10(3)9-7/h4-6,8H,3,7H2,1-2H3;2*4-7H,1-3H3;3*4-6H,1-3H3. The van der Waals surface area contributed by atoms with Gasteiger partial charge in [0.15, 0.2) is 0 Å². The number of allylic oxidation sites excluding steroid dienone is 3. The van der Waals surface area contributed by atoms with Crippen LogP contribution in [0.25, 0.3) is 0 Å². The summed E-state index contributed by atoms with van der Waals surface area (Å²) in [5.41, 5.74) is 6.35. The van der Waals surface area contributed by atoms with Crippen LogP contribution in [-0.4, -0.2) is 55.6 Å². The molecule has 0 unspecified atom stereocenters. The van der Waals surface area contributed by atoms with Gasteiger partial charge in [-0.05, 0) is 76.0 Å². The molecular formula is C53H76F3N9O5. The smallest absolute Gasteiger partial charge is 0.339 e. The van der Waals surface area contributed by atoms with Crippen molar-refractivity contribution in [1.82, 2.24) is 42.9 Å². The van der Waals surface area contributed by atoms with E-state index in [1.165, 1.54) is 27.2 Å². The van der Waals surface area contributed by atoms with Gasteiger partial charge in [-0.3, -0.25) is 24.2 Å². The van der Waals surface area contributed by atoms with Gasteiger partial charge in [0.05, 0.1) is 17.6 Å². The molecule has 0 saturated carbocycles. The first-order valence-electron chi connectivity index (χ1n) is 23.2. The second-order valence-corrected chi connectivity index (χ2v) is 18.7. The summed E-state index contributed by atoms with van der Waals surface area (Å²) in [5.74, 6) is 2.31. The van der Waals surface area contributed by atoms with Crippen molar-refractivity contribution in [3.63, 3.8) is 0 Å². The first-order chi connectivity index (χ1) is 32.3. The lowest BCUT2D eigenvalue weighted by molar-refractivity contribution is -0.136. The lowest BCUT2D eigenvalue weighted by Crippen LogP contribution is -2.30. The minimum absolute atomic E-state index is 0.0504. The summed E-state index contributed by atoms with van der Waals surface area (Å²) < 4.78 is 44.2. The minimum Gasteiger partial charge on any atom is -0.339 e. The number of hydrogen-bond acceptors (Lipinski definition) is 9. The van der Waals surface area contributed by atoms with Gasteiger partial charge in [-0.25, -0.2) is 14.5 Å². The monoisotopic (exact) mass is 976 g/mol. The van der Waals surface area contributed by atoms with Crippen molar-refractivity contribution in [2.24, 2.45) is 41.2 Å². The molecule has 0 spiro atoms.